The smallest absolute Gasteiger partial charge is 0.128 e. The molecule has 28 heavy (non-hydrogen) atoms. The fraction of sp³-hybridized carbons (Fsp3) is 0.381. The molecule has 4 nitrogen and oxygen atoms in total. The molecule has 0 amide bonds. The molecule has 154 valence electrons. The summed E-state index contributed by atoms with van der Waals surface area (Å²) in [5.74, 6) is 1.59. The minimum Gasteiger partial charge on any atom is -0.492 e. The van der Waals surface area contributed by atoms with Crippen molar-refractivity contribution in [2.24, 2.45) is 0 Å². The maximum atomic E-state index is 8.40. The highest BCUT2D eigenvalue weighted by atomic mass is 35.5. The molecule has 2 aromatic rings. The van der Waals surface area contributed by atoms with Crippen LogP contribution >= 0.6 is 36.4 Å². The zero-order valence-electron chi connectivity index (χ0n) is 16.3. The summed E-state index contributed by atoms with van der Waals surface area (Å²) in [7, 11) is 0. The van der Waals surface area contributed by atoms with Crippen molar-refractivity contribution in [3.8, 4) is 5.75 Å². The lowest BCUT2D eigenvalue weighted by Gasteiger charge is -2.36. The number of nitrogens with zero attached hydrogens (tertiary/aromatic N) is 2. The number of piperazine rings is 1. The van der Waals surface area contributed by atoms with E-state index in [2.05, 4.69) is 41.8 Å². The molecule has 1 saturated heterocycles. The van der Waals surface area contributed by atoms with E-state index in [0.29, 0.717) is 17.5 Å². The third-order valence-corrected chi connectivity index (χ3v) is 5.12. The van der Waals surface area contributed by atoms with Gasteiger partial charge in [0, 0.05) is 43.3 Å². The molecule has 1 N–H and O–H groups in total. The molecule has 3 rings (SSSR count). The molecule has 0 atom stereocenters. The molecule has 1 fully saturated rings. The average Bonchev–Trinajstić information content (AvgIpc) is 2.65. The van der Waals surface area contributed by atoms with E-state index >= 15 is 0 Å². The highest BCUT2D eigenvalue weighted by molar-refractivity contribution is 6.30. The molecular weight excluding hydrogens is 417 g/mol. The van der Waals surface area contributed by atoms with Crippen molar-refractivity contribution in [3.63, 3.8) is 0 Å². The Bertz CT molecular complexity index is 740. The van der Waals surface area contributed by atoms with Gasteiger partial charge in [0.15, 0.2) is 0 Å². The molecule has 0 spiro atoms. The molecule has 0 saturated carbocycles. The summed E-state index contributed by atoms with van der Waals surface area (Å²) >= 11 is 5.93. The van der Waals surface area contributed by atoms with Gasteiger partial charge in [-0.1, -0.05) is 29.8 Å². The van der Waals surface area contributed by atoms with Gasteiger partial charge in [-0.05, 0) is 49.2 Å². The third-order valence-electron chi connectivity index (χ3n) is 4.87. The molecule has 0 aromatic heterocycles. The molecule has 0 bridgehead atoms. The Morgan fingerprint density at radius 1 is 0.964 bits per heavy atom. The van der Waals surface area contributed by atoms with Gasteiger partial charge in [-0.15, -0.1) is 24.8 Å². The average molecular weight is 445 g/mol. The van der Waals surface area contributed by atoms with Crippen molar-refractivity contribution in [1.29, 1.82) is 5.41 Å². The van der Waals surface area contributed by atoms with Crippen LogP contribution in [0.5, 0.6) is 5.75 Å². The predicted octanol–water partition coefficient (Wildman–Crippen LogP) is 4.82. The fourth-order valence-corrected chi connectivity index (χ4v) is 3.42. The third kappa shape index (κ3) is 6.28. The van der Waals surface area contributed by atoms with Crippen LogP contribution in [0.3, 0.4) is 0 Å². The summed E-state index contributed by atoms with van der Waals surface area (Å²) in [6.45, 7) is 9.41. The Kier molecular flexibility index (Phi) is 10.1. The van der Waals surface area contributed by atoms with Crippen LogP contribution in [0.1, 0.15) is 16.7 Å². The molecule has 1 heterocycles. The van der Waals surface area contributed by atoms with E-state index in [0.717, 1.165) is 44.0 Å². The van der Waals surface area contributed by atoms with E-state index < -0.39 is 0 Å². The van der Waals surface area contributed by atoms with Crippen molar-refractivity contribution < 1.29 is 4.74 Å². The Morgan fingerprint density at radius 3 is 2.11 bits per heavy atom. The van der Waals surface area contributed by atoms with Gasteiger partial charge in [0.05, 0.1) is 0 Å². The van der Waals surface area contributed by atoms with E-state index in [9.17, 15) is 0 Å². The second kappa shape index (κ2) is 11.5. The molecule has 0 unspecified atom stereocenters. The monoisotopic (exact) mass is 443 g/mol. The number of ether oxygens (including phenoxy) is 1. The Labute approximate surface area is 185 Å². The highest BCUT2D eigenvalue weighted by Gasteiger charge is 2.19. The number of para-hydroxylation sites is 1. The van der Waals surface area contributed by atoms with Gasteiger partial charge in [0.2, 0.25) is 0 Å². The first-order valence-corrected chi connectivity index (χ1v) is 9.43. The van der Waals surface area contributed by atoms with Crippen LogP contribution in [0.15, 0.2) is 42.5 Å². The summed E-state index contributed by atoms with van der Waals surface area (Å²) in [5.41, 5.74) is 3.29. The Balaban J connectivity index is 0.00000196. The van der Waals surface area contributed by atoms with Crippen LogP contribution in [0, 0.1) is 19.3 Å². The first kappa shape index (κ1) is 24.6. The van der Waals surface area contributed by atoms with Gasteiger partial charge < -0.3 is 9.64 Å². The molecular formula is C21H28Cl3N3O. The first-order chi connectivity index (χ1) is 12.5. The lowest BCUT2D eigenvalue weighted by molar-refractivity contribution is 0.153. The van der Waals surface area contributed by atoms with Gasteiger partial charge >= 0.3 is 0 Å². The number of hydrogen-bond acceptors (Lipinski definition) is 3. The van der Waals surface area contributed by atoms with Crippen LogP contribution in [0.4, 0.5) is 0 Å². The van der Waals surface area contributed by atoms with E-state index in [1.54, 1.807) is 0 Å². The molecule has 0 aliphatic carbocycles. The van der Waals surface area contributed by atoms with Gasteiger partial charge in [0.1, 0.15) is 18.2 Å². The molecule has 1 aliphatic heterocycles. The van der Waals surface area contributed by atoms with Crippen molar-refractivity contribution in [1.82, 2.24) is 9.80 Å². The maximum absolute atomic E-state index is 8.40. The maximum Gasteiger partial charge on any atom is 0.128 e. The molecule has 1 aliphatic rings. The first-order valence-electron chi connectivity index (χ1n) is 9.05. The number of hydrogen-bond donors (Lipinski definition) is 1. The number of benzene rings is 2. The quantitative estimate of drug-likeness (QED) is 0.531. The summed E-state index contributed by atoms with van der Waals surface area (Å²) in [6.07, 6.45) is 0. The van der Waals surface area contributed by atoms with Gasteiger partial charge in [0.25, 0.3) is 0 Å². The lowest BCUT2D eigenvalue weighted by atomic mass is 10.1. The lowest BCUT2D eigenvalue weighted by Crippen LogP contribution is -2.49. The minimum absolute atomic E-state index is 0. The van der Waals surface area contributed by atoms with E-state index in [-0.39, 0.29) is 24.8 Å². The number of aryl methyl sites for hydroxylation is 2. The van der Waals surface area contributed by atoms with E-state index in [1.165, 1.54) is 11.1 Å². The summed E-state index contributed by atoms with van der Waals surface area (Å²) in [4.78, 5) is 4.53. The fourth-order valence-electron chi connectivity index (χ4n) is 3.29. The van der Waals surface area contributed by atoms with Gasteiger partial charge in [-0.3, -0.25) is 10.3 Å². The highest BCUT2D eigenvalue weighted by Crippen LogP contribution is 2.22. The number of rotatable bonds is 5. The molecule has 0 radical (unpaired) electrons. The Morgan fingerprint density at radius 2 is 1.54 bits per heavy atom. The molecule has 7 heteroatoms. The number of nitrogens with one attached hydrogen (secondary N) is 1. The van der Waals surface area contributed by atoms with Crippen LogP contribution in [-0.4, -0.2) is 55.0 Å². The van der Waals surface area contributed by atoms with Crippen LogP contribution < -0.4 is 4.74 Å². The SMILES string of the molecule is Cc1cccc(C)c1OCCN1CCN(C(=N)c2ccc(Cl)cc2)CC1.Cl.Cl. The van der Waals surface area contributed by atoms with E-state index in [1.807, 2.05) is 24.3 Å². The second-order valence-corrected chi connectivity index (χ2v) is 7.19. The summed E-state index contributed by atoms with van der Waals surface area (Å²) < 4.78 is 6.02. The number of halogens is 3. The largest absolute Gasteiger partial charge is 0.492 e. The zero-order chi connectivity index (χ0) is 18.5. The number of amidine groups is 1. The van der Waals surface area contributed by atoms with Crippen LogP contribution in [0.2, 0.25) is 5.02 Å². The second-order valence-electron chi connectivity index (χ2n) is 6.75. The van der Waals surface area contributed by atoms with Gasteiger partial charge in [-0.2, -0.15) is 0 Å². The zero-order valence-corrected chi connectivity index (χ0v) is 18.7. The van der Waals surface area contributed by atoms with Gasteiger partial charge in [-0.25, -0.2) is 0 Å². The normalized spacial score (nSPS) is 14.0. The minimum atomic E-state index is 0. The van der Waals surface area contributed by atoms with Crippen LogP contribution in [-0.2, 0) is 0 Å². The van der Waals surface area contributed by atoms with Crippen molar-refractivity contribution >= 4 is 42.3 Å². The summed E-state index contributed by atoms with van der Waals surface area (Å²) in [6, 6.07) is 13.7. The Hall–Kier alpha value is -1.46. The van der Waals surface area contributed by atoms with Crippen molar-refractivity contribution in [2.45, 2.75) is 13.8 Å². The standard InChI is InChI=1S/C21H26ClN3O.2ClH/c1-16-4-3-5-17(2)20(16)26-15-14-24-10-12-25(13-11-24)21(23)18-6-8-19(22)9-7-18;;/h3-9,23H,10-15H2,1-2H3;2*1H. The summed E-state index contributed by atoms with van der Waals surface area (Å²) in [5, 5.41) is 9.10. The molecule has 2 aromatic carbocycles. The predicted molar refractivity (Wildman–Crippen MR) is 122 cm³/mol. The van der Waals surface area contributed by atoms with Crippen molar-refractivity contribution in [2.75, 3.05) is 39.3 Å². The van der Waals surface area contributed by atoms with E-state index in [4.69, 9.17) is 21.7 Å². The van der Waals surface area contributed by atoms with Crippen LogP contribution in [0.25, 0.3) is 0 Å². The topological polar surface area (TPSA) is 39.6 Å². The van der Waals surface area contributed by atoms with Crippen molar-refractivity contribution in [3.05, 3.63) is 64.2 Å².